The van der Waals surface area contributed by atoms with Gasteiger partial charge in [-0.05, 0) is 36.2 Å². The van der Waals surface area contributed by atoms with Crippen molar-refractivity contribution in [1.82, 2.24) is 5.32 Å². The maximum Gasteiger partial charge on any atom is 0.105 e. The zero-order valence-electron chi connectivity index (χ0n) is 11.2. The van der Waals surface area contributed by atoms with Crippen LogP contribution in [0.4, 0.5) is 0 Å². The van der Waals surface area contributed by atoms with E-state index in [0.717, 1.165) is 36.6 Å². The summed E-state index contributed by atoms with van der Waals surface area (Å²) < 4.78 is 5.34. The molecule has 0 aliphatic carbocycles. The first-order valence-electron chi connectivity index (χ1n) is 6.81. The summed E-state index contributed by atoms with van der Waals surface area (Å²) in [4.78, 5) is 0. The van der Waals surface area contributed by atoms with Gasteiger partial charge in [-0.2, -0.15) is 0 Å². The summed E-state index contributed by atoms with van der Waals surface area (Å²) in [5, 5.41) is 4.38. The minimum atomic E-state index is 0.386. The quantitative estimate of drug-likeness (QED) is 0.800. The zero-order valence-corrected chi connectivity index (χ0v) is 12.0. The molecule has 0 bridgehead atoms. The second kappa shape index (κ2) is 7.37. The Kier molecular flexibility index (Phi) is 5.49. The number of hydrogen-bond acceptors (Lipinski definition) is 2. The van der Waals surface area contributed by atoms with E-state index in [2.05, 4.69) is 24.4 Å². The fourth-order valence-electron chi connectivity index (χ4n) is 2.19. The molecule has 2 nitrogen and oxygen atoms in total. The van der Waals surface area contributed by atoms with Gasteiger partial charge in [0.2, 0.25) is 0 Å². The van der Waals surface area contributed by atoms with Gasteiger partial charge in [-0.25, -0.2) is 0 Å². The van der Waals surface area contributed by atoms with Gasteiger partial charge in [0.15, 0.2) is 0 Å². The zero-order chi connectivity index (χ0) is 13.5. The third-order valence-corrected chi connectivity index (χ3v) is 3.44. The normalized spacial score (nSPS) is 12.5. The molecule has 102 valence electrons. The SMILES string of the molecule is CCCC(NCCc1ccco1)c1ccc(Cl)cc1. The Hall–Kier alpha value is -1.25. The molecule has 2 aromatic rings. The maximum absolute atomic E-state index is 5.93. The lowest BCUT2D eigenvalue weighted by atomic mass is 10.0. The Balaban J connectivity index is 1.90. The van der Waals surface area contributed by atoms with E-state index in [0.29, 0.717) is 6.04 Å². The Labute approximate surface area is 119 Å². The predicted octanol–water partition coefficient (Wildman–Crippen LogP) is 4.61. The second-order valence-corrected chi connectivity index (χ2v) is 5.11. The van der Waals surface area contributed by atoms with E-state index < -0.39 is 0 Å². The van der Waals surface area contributed by atoms with Gasteiger partial charge < -0.3 is 9.73 Å². The van der Waals surface area contributed by atoms with Gasteiger partial charge in [0.1, 0.15) is 5.76 Å². The van der Waals surface area contributed by atoms with Crippen LogP contribution in [-0.2, 0) is 6.42 Å². The van der Waals surface area contributed by atoms with Crippen molar-refractivity contribution in [2.24, 2.45) is 0 Å². The molecule has 0 aliphatic rings. The summed E-state index contributed by atoms with van der Waals surface area (Å²) in [6, 6.07) is 12.4. The highest BCUT2D eigenvalue weighted by Gasteiger charge is 2.09. The minimum Gasteiger partial charge on any atom is -0.469 e. The first-order valence-corrected chi connectivity index (χ1v) is 7.18. The summed E-state index contributed by atoms with van der Waals surface area (Å²) in [6.45, 7) is 3.12. The molecule has 1 heterocycles. The molecule has 2 rings (SSSR count). The highest BCUT2D eigenvalue weighted by Crippen LogP contribution is 2.20. The third kappa shape index (κ3) is 4.41. The molecular weight excluding hydrogens is 258 g/mol. The summed E-state index contributed by atoms with van der Waals surface area (Å²) >= 11 is 5.93. The van der Waals surface area contributed by atoms with Crippen molar-refractivity contribution in [1.29, 1.82) is 0 Å². The van der Waals surface area contributed by atoms with E-state index in [4.69, 9.17) is 16.0 Å². The molecule has 0 fully saturated rings. The van der Waals surface area contributed by atoms with Crippen molar-refractivity contribution in [2.45, 2.75) is 32.2 Å². The lowest BCUT2D eigenvalue weighted by Crippen LogP contribution is -2.23. The van der Waals surface area contributed by atoms with Crippen LogP contribution in [0.3, 0.4) is 0 Å². The van der Waals surface area contributed by atoms with E-state index in [-0.39, 0.29) is 0 Å². The average Bonchev–Trinajstić information content (AvgIpc) is 2.92. The van der Waals surface area contributed by atoms with E-state index >= 15 is 0 Å². The van der Waals surface area contributed by atoms with Crippen LogP contribution in [0.2, 0.25) is 5.02 Å². The summed E-state index contributed by atoms with van der Waals surface area (Å²) in [5.74, 6) is 1.03. The maximum atomic E-state index is 5.93. The van der Waals surface area contributed by atoms with Gasteiger partial charge in [-0.3, -0.25) is 0 Å². The fraction of sp³-hybridized carbons (Fsp3) is 0.375. The summed E-state index contributed by atoms with van der Waals surface area (Å²) in [6.07, 6.45) is 4.92. The fourth-order valence-corrected chi connectivity index (χ4v) is 2.32. The van der Waals surface area contributed by atoms with Crippen LogP contribution < -0.4 is 5.32 Å². The van der Waals surface area contributed by atoms with Crippen LogP contribution in [-0.4, -0.2) is 6.54 Å². The van der Waals surface area contributed by atoms with Crippen LogP contribution >= 0.6 is 11.6 Å². The molecule has 1 atom stereocenters. The first-order chi connectivity index (χ1) is 9.29. The largest absolute Gasteiger partial charge is 0.469 e. The highest BCUT2D eigenvalue weighted by molar-refractivity contribution is 6.30. The van der Waals surface area contributed by atoms with E-state index in [1.54, 1.807) is 6.26 Å². The number of rotatable bonds is 7. The molecule has 1 unspecified atom stereocenters. The van der Waals surface area contributed by atoms with Crippen LogP contribution in [0, 0.1) is 0 Å². The van der Waals surface area contributed by atoms with Crippen molar-refractivity contribution in [3.05, 3.63) is 59.0 Å². The molecule has 19 heavy (non-hydrogen) atoms. The minimum absolute atomic E-state index is 0.386. The van der Waals surface area contributed by atoms with Crippen LogP contribution in [0.5, 0.6) is 0 Å². The lowest BCUT2D eigenvalue weighted by Gasteiger charge is -2.18. The molecular formula is C16H20ClNO. The monoisotopic (exact) mass is 277 g/mol. The standard InChI is InChI=1S/C16H20ClNO/c1-2-4-16(13-6-8-14(17)9-7-13)18-11-10-15-5-3-12-19-15/h3,5-9,12,16,18H,2,4,10-11H2,1H3. The van der Waals surface area contributed by atoms with Crippen molar-refractivity contribution in [3.8, 4) is 0 Å². The number of benzene rings is 1. The topological polar surface area (TPSA) is 25.2 Å². The third-order valence-electron chi connectivity index (χ3n) is 3.19. The molecule has 3 heteroatoms. The molecule has 0 spiro atoms. The number of halogens is 1. The lowest BCUT2D eigenvalue weighted by molar-refractivity contribution is 0.462. The smallest absolute Gasteiger partial charge is 0.105 e. The van der Waals surface area contributed by atoms with Gasteiger partial charge >= 0.3 is 0 Å². The molecule has 0 aliphatic heterocycles. The number of hydrogen-bond donors (Lipinski definition) is 1. The van der Waals surface area contributed by atoms with Gasteiger partial charge in [0.25, 0.3) is 0 Å². The summed E-state index contributed by atoms with van der Waals surface area (Å²) in [7, 11) is 0. The van der Waals surface area contributed by atoms with Crippen molar-refractivity contribution in [2.75, 3.05) is 6.54 Å². The van der Waals surface area contributed by atoms with Crippen molar-refractivity contribution < 1.29 is 4.42 Å². The molecule has 0 saturated carbocycles. The van der Waals surface area contributed by atoms with E-state index in [9.17, 15) is 0 Å². The van der Waals surface area contributed by atoms with Gasteiger partial charge in [-0.15, -0.1) is 0 Å². The molecule has 0 saturated heterocycles. The van der Waals surface area contributed by atoms with Crippen molar-refractivity contribution in [3.63, 3.8) is 0 Å². The predicted molar refractivity (Wildman–Crippen MR) is 79.5 cm³/mol. The molecule has 1 N–H and O–H groups in total. The molecule has 1 aromatic carbocycles. The Morgan fingerprint density at radius 2 is 2.00 bits per heavy atom. The Bertz CT molecular complexity index is 464. The first kappa shape index (κ1) is 14.2. The molecule has 0 amide bonds. The van der Waals surface area contributed by atoms with Crippen LogP contribution in [0.1, 0.15) is 37.1 Å². The second-order valence-electron chi connectivity index (χ2n) is 4.68. The van der Waals surface area contributed by atoms with Gasteiger partial charge in [0, 0.05) is 24.0 Å². The van der Waals surface area contributed by atoms with Crippen molar-refractivity contribution >= 4 is 11.6 Å². The number of nitrogens with one attached hydrogen (secondary N) is 1. The average molecular weight is 278 g/mol. The highest BCUT2D eigenvalue weighted by atomic mass is 35.5. The molecule has 0 radical (unpaired) electrons. The van der Waals surface area contributed by atoms with E-state index in [1.165, 1.54) is 5.56 Å². The number of furan rings is 1. The van der Waals surface area contributed by atoms with E-state index in [1.807, 2.05) is 24.3 Å². The molecule has 1 aromatic heterocycles. The van der Waals surface area contributed by atoms with Crippen LogP contribution in [0.15, 0.2) is 47.1 Å². The Morgan fingerprint density at radius 3 is 2.63 bits per heavy atom. The summed E-state index contributed by atoms with van der Waals surface area (Å²) in [5.41, 5.74) is 1.30. The van der Waals surface area contributed by atoms with Crippen LogP contribution in [0.25, 0.3) is 0 Å². The van der Waals surface area contributed by atoms with Gasteiger partial charge in [-0.1, -0.05) is 37.1 Å². The van der Waals surface area contributed by atoms with Gasteiger partial charge in [0.05, 0.1) is 6.26 Å². The Morgan fingerprint density at radius 1 is 1.21 bits per heavy atom.